The predicted molar refractivity (Wildman–Crippen MR) is 86.9 cm³/mol. The molecule has 0 radical (unpaired) electrons. The Bertz CT molecular complexity index is 362. The molecular weight excluding hydrogens is 308 g/mol. The van der Waals surface area contributed by atoms with Crippen LogP contribution in [0.4, 0.5) is 9.59 Å². The molecule has 130 valence electrons. The van der Waals surface area contributed by atoms with E-state index in [1.54, 1.807) is 41.5 Å². The van der Waals surface area contributed by atoms with Crippen molar-refractivity contribution in [2.45, 2.75) is 72.0 Å². The highest BCUT2D eigenvalue weighted by Gasteiger charge is 2.25. The van der Waals surface area contributed by atoms with E-state index < -0.39 is 23.4 Å². The van der Waals surface area contributed by atoms with Gasteiger partial charge in [0.1, 0.15) is 11.2 Å². The normalized spacial score (nSPS) is 11.8. The van der Waals surface area contributed by atoms with E-state index in [2.05, 4.69) is 5.43 Å². The number of ether oxygens (including phenoxy) is 2. The molecule has 0 aromatic rings. The molecule has 0 aliphatic rings. The first-order valence-corrected chi connectivity index (χ1v) is 8.04. The van der Waals surface area contributed by atoms with Gasteiger partial charge in [0.05, 0.1) is 0 Å². The van der Waals surface area contributed by atoms with Crippen molar-refractivity contribution < 1.29 is 19.1 Å². The summed E-state index contributed by atoms with van der Waals surface area (Å²) in [5, 5.41) is 1.15. The molecule has 1 N–H and O–H groups in total. The smallest absolute Gasteiger partial charge is 0.429 e. The van der Waals surface area contributed by atoms with Crippen LogP contribution in [0.5, 0.6) is 0 Å². The Kier molecular flexibility index (Phi) is 8.60. The molecule has 0 unspecified atom stereocenters. The summed E-state index contributed by atoms with van der Waals surface area (Å²) in [6, 6.07) is 0. The number of hydrogen-bond acceptors (Lipinski definition) is 4. The fourth-order valence-electron chi connectivity index (χ4n) is 1.46. The van der Waals surface area contributed by atoms with Gasteiger partial charge in [0.2, 0.25) is 0 Å². The van der Waals surface area contributed by atoms with Crippen molar-refractivity contribution >= 4 is 23.8 Å². The van der Waals surface area contributed by atoms with Gasteiger partial charge in [0, 0.05) is 12.4 Å². The third kappa shape index (κ3) is 11.5. The molecule has 22 heavy (non-hydrogen) atoms. The van der Waals surface area contributed by atoms with Crippen LogP contribution in [-0.4, -0.2) is 40.8 Å². The molecule has 0 fully saturated rings. The van der Waals surface area contributed by atoms with Gasteiger partial charge in [-0.15, -0.1) is 11.6 Å². The summed E-state index contributed by atoms with van der Waals surface area (Å²) in [5.41, 5.74) is 1.16. The van der Waals surface area contributed by atoms with Gasteiger partial charge >= 0.3 is 12.2 Å². The number of nitrogens with zero attached hydrogens (tertiary/aromatic N) is 1. The van der Waals surface area contributed by atoms with Crippen LogP contribution in [0.2, 0.25) is 0 Å². The van der Waals surface area contributed by atoms with Gasteiger partial charge in [-0.25, -0.2) is 20.0 Å². The van der Waals surface area contributed by atoms with E-state index in [0.29, 0.717) is 18.8 Å². The van der Waals surface area contributed by atoms with Gasteiger partial charge < -0.3 is 9.47 Å². The second-order valence-corrected chi connectivity index (χ2v) is 7.37. The summed E-state index contributed by atoms with van der Waals surface area (Å²) in [6.07, 6.45) is 1.14. The average Bonchev–Trinajstić information content (AvgIpc) is 2.28. The van der Waals surface area contributed by atoms with Crippen LogP contribution in [0.25, 0.3) is 0 Å². The largest absolute Gasteiger partial charge is 0.443 e. The van der Waals surface area contributed by atoms with Crippen molar-refractivity contribution in [2.75, 3.05) is 12.4 Å². The van der Waals surface area contributed by atoms with Crippen molar-refractivity contribution in [3.8, 4) is 0 Å². The summed E-state index contributed by atoms with van der Waals surface area (Å²) >= 11 is 5.63. The second-order valence-electron chi connectivity index (χ2n) is 7.00. The summed E-state index contributed by atoms with van der Waals surface area (Å²) in [7, 11) is 0. The molecule has 0 spiro atoms. The Balaban J connectivity index is 4.64. The zero-order valence-electron chi connectivity index (χ0n) is 14.5. The summed E-state index contributed by atoms with van der Waals surface area (Å²) < 4.78 is 10.4. The first kappa shape index (κ1) is 20.8. The third-order valence-corrected chi connectivity index (χ3v) is 2.52. The van der Waals surface area contributed by atoms with Gasteiger partial charge in [-0.2, -0.15) is 0 Å². The topological polar surface area (TPSA) is 67.9 Å². The van der Waals surface area contributed by atoms with E-state index >= 15 is 0 Å². The Hall–Kier alpha value is -1.17. The van der Waals surface area contributed by atoms with Crippen LogP contribution in [0.15, 0.2) is 0 Å². The SMILES string of the molecule is CC(C)(C)OC(=O)NN(CCCCCCl)C(=O)OC(C)(C)C. The molecule has 0 atom stereocenters. The lowest BCUT2D eigenvalue weighted by Gasteiger charge is -2.28. The second kappa shape index (κ2) is 9.08. The summed E-state index contributed by atoms with van der Waals surface area (Å²) in [5.74, 6) is 0.575. The number of halogens is 1. The van der Waals surface area contributed by atoms with E-state index in [1.807, 2.05) is 0 Å². The highest BCUT2D eigenvalue weighted by Crippen LogP contribution is 2.11. The fraction of sp³-hybridized carbons (Fsp3) is 0.867. The van der Waals surface area contributed by atoms with E-state index in [9.17, 15) is 9.59 Å². The zero-order valence-corrected chi connectivity index (χ0v) is 15.2. The van der Waals surface area contributed by atoms with E-state index in [0.717, 1.165) is 17.9 Å². The molecule has 0 aromatic heterocycles. The first-order chi connectivity index (χ1) is 9.94. The van der Waals surface area contributed by atoms with Gasteiger partial charge in [-0.1, -0.05) is 6.42 Å². The third-order valence-electron chi connectivity index (χ3n) is 2.25. The van der Waals surface area contributed by atoms with Gasteiger partial charge in [-0.3, -0.25) is 0 Å². The zero-order chi connectivity index (χ0) is 17.4. The maximum atomic E-state index is 12.1. The standard InChI is InChI=1S/C15H29ClN2O4/c1-14(2,3)21-12(19)17-18(11-9-7-8-10-16)13(20)22-15(4,5)6/h7-11H2,1-6H3,(H,17,19). The van der Waals surface area contributed by atoms with Gasteiger partial charge in [-0.05, 0) is 54.4 Å². The van der Waals surface area contributed by atoms with Crippen LogP contribution in [0.1, 0.15) is 60.8 Å². The number of nitrogens with one attached hydrogen (secondary N) is 1. The first-order valence-electron chi connectivity index (χ1n) is 7.51. The van der Waals surface area contributed by atoms with Crippen LogP contribution in [0.3, 0.4) is 0 Å². The van der Waals surface area contributed by atoms with Crippen molar-refractivity contribution in [3.63, 3.8) is 0 Å². The van der Waals surface area contributed by atoms with E-state index in [4.69, 9.17) is 21.1 Å². The molecule has 0 saturated heterocycles. The number of amides is 2. The average molecular weight is 337 g/mol. The van der Waals surface area contributed by atoms with Crippen molar-refractivity contribution in [3.05, 3.63) is 0 Å². The van der Waals surface area contributed by atoms with Crippen molar-refractivity contribution in [1.29, 1.82) is 0 Å². The lowest BCUT2D eigenvalue weighted by atomic mass is 10.2. The minimum atomic E-state index is -0.685. The van der Waals surface area contributed by atoms with Crippen molar-refractivity contribution in [2.24, 2.45) is 0 Å². The van der Waals surface area contributed by atoms with Crippen molar-refractivity contribution in [1.82, 2.24) is 10.4 Å². The Labute approximate surface area is 138 Å². The summed E-state index contributed by atoms with van der Waals surface area (Å²) in [4.78, 5) is 24.0. The highest BCUT2D eigenvalue weighted by molar-refractivity contribution is 6.17. The molecule has 0 aliphatic carbocycles. The van der Waals surface area contributed by atoms with E-state index in [1.165, 1.54) is 0 Å². The number of alkyl halides is 1. The molecule has 0 aliphatic heterocycles. The quantitative estimate of drug-likeness (QED) is 0.467. The van der Waals surface area contributed by atoms with Crippen LogP contribution in [0, 0.1) is 0 Å². The fourth-order valence-corrected chi connectivity index (χ4v) is 1.65. The molecule has 6 nitrogen and oxygen atoms in total. The maximum Gasteiger partial charge on any atom is 0.429 e. The maximum absolute atomic E-state index is 12.1. The molecule has 0 bridgehead atoms. The minimum absolute atomic E-state index is 0.338. The number of rotatable bonds is 5. The molecule has 0 rings (SSSR count). The number of carbonyl (C=O) groups excluding carboxylic acids is 2. The molecular formula is C15H29ClN2O4. The number of carbonyl (C=O) groups is 2. The van der Waals surface area contributed by atoms with Gasteiger partial charge in [0.25, 0.3) is 0 Å². The number of hydrogen-bond donors (Lipinski definition) is 1. The Morgan fingerprint density at radius 1 is 0.955 bits per heavy atom. The Morgan fingerprint density at radius 3 is 1.95 bits per heavy atom. The molecule has 0 aromatic carbocycles. The highest BCUT2D eigenvalue weighted by atomic mass is 35.5. The lowest BCUT2D eigenvalue weighted by Crippen LogP contribution is -2.50. The van der Waals surface area contributed by atoms with Gasteiger partial charge in [0.15, 0.2) is 0 Å². The monoisotopic (exact) mass is 336 g/mol. The minimum Gasteiger partial charge on any atom is -0.443 e. The Morgan fingerprint density at radius 2 is 1.50 bits per heavy atom. The van der Waals surface area contributed by atoms with Crippen LogP contribution >= 0.6 is 11.6 Å². The number of unbranched alkanes of at least 4 members (excludes halogenated alkanes) is 2. The number of hydrazine groups is 1. The van der Waals surface area contributed by atoms with Crippen LogP contribution < -0.4 is 5.43 Å². The molecule has 7 heteroatoms. The molecule has 2 amide bonds. The lowest BCUT2D eigenvalue weighted by molar-refractivity contribution is 0.00104. The summed E-state index contributed by atoms with van der Waals surface area (Å²) in [6.45, 7) is 10.9. The van der Waals surface area contributed by atoms with E-state index in [-0.39, 0.29) is 0 Å². The van der Waals surface area contributed by atoms with Crippen LogP contribution in [-0.2, 0) is 9.47 Å². The molecule has 0 saturated carbocycles. The predicted octanol–water partition coefficient (Wildman–Crippen LogP) is 4.07. The molecule has 0 heterocycles.